The molecule has 1 aromatic rings. The van der Waals surface area contributed by atoms with Gasteiger partial charge in [0.05, 0.1) is 6.07 Å². The number of nitrogens with zero attached hydrogens (tertiary/aromatic N) is 1. The first-order valence-corrected chi connectivity index (χ1v) is 6.80. The Morgan fingerprint density at radius 1 is 1.53 bits per heavy atom. The second-order valence-electron chi connectivity index (χ2n) is 4.30. The monoisotopic (exact) mass is 361 g/mol. The number of hydrogen-bond donors (Lipinski definition) is 0. The van der Waals surface area contributed by atoms with Gasteiger partial charge in [0.15, 0.2) is 5.78 Å². The Balaban J connectivity index is 3.02. The Kier molecular flexibility index (Phi) is 5.41. The van der Waals surface area contributed by atoms with E-state index in [2.05, 4.69) is 28.7 Å². The van der Waals surface area contributed by atoms with Crippen LogP contribution in [0.15, 0.2) is 18.2 Å². The average Bonchev–Trinajstić information content (AvgIpc) is 2.28. The molecule has 0 aliphatic carbocycles. The van der Waals surface area contributed by atoms with E-state index < -0.39 is 5.92 Å². The third-order valence-electron chi connectivity index (χ3n) is 2.37. The molecule has 90 valence electrons. The predicted molar refractivity (Wildman–Crippen MR) is 77.1 cm³/mol. The normalized spacial score (nSPS) is 12.2. The van der Waals surface area contributed by atoms with Crippen LogP contribution in [-0.2, 0) is 0 Å². The molecule has 0 saturated heterocycles. The van der Waals surface area contributed by atoms with Gasteiger partial charge >= 0.3 is 0 Å². The van der Waals surface area contributed by atoms with Crippen molar-refractivity contribution in [3.05, 3.63) is 32.4 Å². The molecule has 0 bridgehead atoms. The largest absolute Gasteiger partial charge is 0.293 e. The van der Waals surface area contributed by atoms with Crippen LogP contribution in [0.3, 0.4) is 0 Å². The summed E-state index contributed by atoms with van der Waals surface area (Å²) in [6.45, 7) is 4.00. The van der Waals surface area contributed by atoms with Crippen LogP contribution in [0.2, 0.25) is 5.02 Å². The smallest absolute Gasteiger partial charge is 0.181 e. The van der Waals surface area contributed by atoms with Gasteiger partial charge in [-0.05, 0) is 53.1 Å². The zero-order valence-electron chi connectivity index (χ0n) is 9.71. The topological polar surface area (TPSA) is 40.9 Å². The number of benzene rings is 1. The fraction of sp³-hybridized carbons (Fsp3) is 0.385. The van der Waals surface area contributed by atoms with Crippen LogP contribution >= 0.6 is 34.2 Å². The molecule has 0 radical (unpaired) electrons. The van der Waals surface area contributed by atoms with Gasteiger partial charge in [-0.3, -0.25) is 4.79 Å². The summed E-state index contributed by atoms with van der Waals surface area (Å²) in [4.78, 5) is 12.2. The molecule has 1 aromatic carbocycles. The summed E-state index contributed by atoms with van der Waals surface area (Å²) in [5.41, 5.74) is 0.547. The van der Waals surface area contributed by atoms with E-state index in [1.54, 1.807) is 18.2 Å². The molecular weight excluding hydrogens is 349 g/mol. The van der Waals surface area contributed by atoms with Gasteiger partial charge in [-0.25, -0.2) is 0 Å². The molecule has 4 heteroatoms. The van der Waals surface area contributed by atoms with Crippen LogP contribution in [0.4, 0.5) is 0 Å². The average molecular weight is 362 g/mol. The lowest BCUT2D eigenvalue weighted by Gasteiger charge is -2.12. The molecule has 0 saturated carbocycles. The van der Waals surface area contributed by atoms with E-state index in [1.807, 2.05) is 13.8 Å². The number of carbonyl (C=O) groups excluding carboxylic acids is 1. The van der Waals surface area contributed by atoms with E-state index in [0.717, 1.165) is 3.57 Å². The maximum absolute atomic E-state index is 12.2. The van der Waals surface area contributed by atoms with Crippen molar-refractivity contribution in [3.63, 3.8) is 0 Å². The molecule has 0 N–H and O–H groups in total. The SMILES string of the molecule is CC(C)CC(C#N)C(=O)c1cc(Cl)ccc1I. The minimum atomic E-state index is -0.581. The van der Waals surface area contributed by atoms with Crippen LogP contribution in [0.5, 0.6) is 0 Å². The minimum absolute atomic E-state index is 0.131. The summed E-state index contributed by atoms with van der Waals surface area (Å²) in [5, 5.41) is 9.58. The third kappa shape index (κ3) is 3.97. The number of Topliss-reactive ketones (excluding diaryl/α,β-unsaturated/α-hetero) is 1. The first-order valence-electron chi connectivity index (χ1n) is 5.34. The summed E-state index contributed by atoms with van der Waals surface area (Å²) < 4.78 is 0.834. The highest BCUT2D eigenvalue weighted by Gasteiger charge is 2.22. The van der Waals surface area contributed by atoms with Gasteiger partial charge in [0.25, 0.3) is 0 Å². The van der Waals surface area contributed by atoms with Crippen LogP contribution in [0.1, 0.15) is 30.6 Å². The van der Waals surface area contributed by atoms with Crippen molar-refractivity contribution in [1.82, 2.24) is 0 Å². The number of halogens is 2. The predicted octanol–water partition coefficient (Wildman–Crippen LogP) is 4.31. The zero-order chi connectivity index (χ0) is 13.0. The highest BCUT2D eigenvalue weighted by molar-refractivity contribution is 14.1. The number of carbonyl (C=O) groups is 1. The van der Waals surface area contributed by atoms with Gasteiger partial charge < -0.3 is 0 Å². The molecule has 17 heavy (non-hydrogen) atoms. The maximum Gasteiger partial charge on any atom is 0.181 e. The maximum atomic E-state index is 12.2. The first kappa shape index (κ1) is 14.5. The van der Waals surface area contributed by atoms with Gasteiger partial charge in [0, 0.05) is 14.2 Å². The van der Waals surface area contributed by atoms with Crippen LogP contribution in [-0.4, -0.2) is 5.78 Å². The number of ketones is 1. The standard InChI is InChI=1S/C13H13ClINO/c1-8(2)5-9(7-16)13(17)11-6-10(14)3-4-12(11)15/h3-4,6,8-9H,5H2,1-2H3. The van der Waals surface area contributed by atoms with E-state index in [1.165, 1.54) is 0 Å². The van der Waals surface area contributed by atoms with E-state index in [-0.39, 0.29) is 5.78 Å². The quantitative estimate of drug-likeness (QED) is 0.592. The van der Waals surface area contributed by atoms with Gasteiger partial charge in [-0.15, -0.1) is 0 Å². The molecular formula is C13H13ClINO. The molecule has 0 spiro atoms. The van der Waals surface area contributed by atoms with Crippen LogP contribution < -0.4 is 0 Å². The first-order chi connectivity index (χ1) is 7.95. The van der Waals surface area contributed by atoms with Crippen LogP contribution in [0, 0.1) is 26.7 Å². The van der Waals surface area contributed by atoms with Crippen molar-refractivity contribution in [2.75, 3.05) is 0 Å². The second kappa shape index (κ2) is 6.36. The summed E-state index contributed by atoms with van der Waals surface area (Å²) in [5.74, 6) is -0.393. The van der Waals surface area contributed by atoms with E-state index in [9.17, 15) is 4.79 Å². The lowest BCUT2D eigenvalue weighted by molar-refractivity contribution is 0.0936. The molecule has 0 aromatic heterocycles. The van der Waals surface area contributed by atoms with E-state index in [0.29, 0.717) is 22.9 Å². The number of hydrogen-bond acceptors (Lipinski definition) is 2. The van der Waals surface area contributed by atoms with Crippen LogP contribution in [0.25, 0.3) is 0 Å². The molecule has 2 nitrogen and oxygen atoms in total. The lowest BCUT2D eigenvalue weighted by Crippen LogP contribution is -2.16. The van der Waals surface area contributed by atoms with Gasteiger partial charge in [0.2, 0.25) is 0 Å². The van der Waals surface area contributed by atoms with Gasteiger partial charge in [0.1, 0.15) is 5.92 Å². The fourth-order valence-electron chi connectivity index (χ4n) is 1.56. The molecule has 1 atom stereocenters. The molecule has 0 fully saturated rings. The molecule has 0 aliphatic rings. The number of rotatable bonds is 4. The van der Waals surface area contributed by atoms with Crippen molar-refractivity contribution < 1.29 is 4.79 Å². The van der Waals surface area contributed by atoms with E-state index in [4.69, 9.17) is 16.9 Å². The van der Waals surface area contributed by atoms with Crippen molar-refractivity contribution in [1.29, 1.82) is 5.26 Å². The van der Waals surface area contributed by atoms with Gasteiger partial charge in [-0.2, -0.15) is 5.26 Å². The Morgan fingerprint density at radius 2 is 2.18 bits per heavy atom. The Bertz CT molecular complexity index is 465. The Morgan fingerprint density at radius 3 is 2.71 bits per heavy atom. The van der Waals surface area contributed by atoms with Crippen molar-refractivity contribution in [2.45, 2.75) is 20.3 Å². The summed E-state index contributed by atoms with van der Waals surface area (Å²) in [7, 11) is 0. The fourth-order valence-corrected chi connectivity index (χ4v) is 2.34. The highest BCUT2D eigenvalue weighted by atomic mass is 127. The lowest BCUT2D eigenvalue weighted by atomic mass is 9.91. The highest BCUT2D eigenvalue weighted by Crippen LogP contribution is 2.23. The molecule has 0 aliphatic heterocycles. The summed E-state index contributed by atoms with van der Waals surface area (Å²) >= 11 is 7.96. The zero-order valence-corrected chi connectivity index (χ0v) is 12.6. The molecule has 1 unspecified atom stereocenters. The summed E-state index contributed by atoms with van der Waals surface area (Å²) in [6, 6.07) is 7.25. The molecule has 0 heterocycles. The van der Waals surface area contributed by atoms with E-state index >= 15 is 0 Å². The Labute approximate surface area is 120 Å². The Hall–Kier alpha value is -0.600. The third-order valence-corrected chi connectivity index (χ3v) is 3.55. The minimum Gasteiger partial charge on any atom is -0.293 e. The van der Waals surface area contributed by atoms with Crippen molar-refractivity contribution in [3.8, 4) is 6.07 Å². The van der Waals surface area contributed by atoms with Crippen molar-refractivity contribution in [2.24, 2.45) is 11.8 Å². The van der Waals surface area contributed by atoms with Crippen molar-refractivity contribution >= 4 is 40.0 Å². The van der Waals surface area contributed by atoms with Gasteiger partial charge in [-0.1, -0.05) is 25.4 Å². The summed E-state index contributed by atoms with van der Waals surface area (Å²) in [6.07, 6.45) is 0.581. The molecule has 0 amide bonds. The molecule has 1 rings (SSSR count). The second-order valence-corrected chi connectivity index (χ2v) is 5.90. The number of nitriles is 1.